The van der Waals surface area contributed by atoms with Gasteiger partial charge in [-0.3, -0.25) is 4.79 Å². The van der Waals surface area contributed by atoms with Gasteiger partial charge in [-0.1, -0.05) is 27.4 Å². The van der Waals surface area contributed by atoms with Crippen LogP contribution in [0.4, 0.5) is 0 Å². The minimum Gasteiger partial charge on any atom is -0.381 e. The van der Waals surface area contributed by atoms with Crippen molar-refractivity contribution >= 4 is 5.91 Å². The summed E-state index contributed by atoms with van der Waals surface area (Å²) >= 11 is 0. The van der Waals surface area contributed by atoms with E-state index < -0.39 is 0 Å². The van der Waals surface area contributed by atoms with Gasteiger partial charge in [0, 0.05) is 19.6 Å². The number of ether oxygens (including phenoxy) is 1. The third-order valence-corrected chi connectivity index (χ3v) is 5.35. The predicted molar refractivity (Wildman–Crippen MR) is 78.7 cm³/mol. The molecule has 3 nitrogen and oxygen atoms in total. The van der Waals surface area contributed by atoms with Gasteiger partial charge in [-0.2, -0.15) is 0 Å². The summed E-state index contributed by atoms with van der Waals surface area (Å²) in [4.78, 5) is 14.3. The molecule has 110 valence electrons. The summed E-state index contributed by atoms with van der Waals surface area (Å²) in [5.41, 5.74) is -0.278. The second-order valence-electron chi connectivity index (χ2n) is 6.29. The molecule has 0 saturated heterocycles. The van der Waals surface area contributed by atoms with E-state index in [0.717, 1.165) is 32.1 Å². The number of carbonyl (C=O) groups is 1. The highest BCUT2D eigenvalue weighted by molar-refractivity contribution is 5.83. The fourth-order valence-corrected chi connectivity index (χ4v) is 3.55. The Labute approximate surface area is 118 Å². The fourth-order valence-electron chi connectivity index (χ4n) is 3.55. The van der Waals surface area contributed by atoms with Crippen LogP contribution >= 0.6 is 0 Å². The molecular weight excluding hydrogens is 238 g/mol. The molecule has 1 amide bonds. The van der Waals surface area contributed by atoms with Crippen LogP contribution in [0.1, 0.15) is 52.9 Å². The molecule has 3 heteroatoms. The summed E-state index contributed by atoms with van der Waals surface area (Å²) in [5.74, 6) is 0.167. The van der Waals surface area contributed by atoms with Crippen LogP contribution in [0.3, 0.4) is 0 Å². The van der Waals surface area contributed by atoms with Gasteiger partial charge in [0.05, 0.1) is 6.10 Å². The van der Waals surface area contributed by atoms with E-state index >= 15 is 0 Å². The van der Waals surface area contributed by atoms with Crippen molar-refractivity contribution in [2.45, 2.75) is 59.0 Å². The third-order valence-electron chi connectivity index (χ3n) is 5.35. The molecule has 0 unspecified atom stereocenters. The van der Waals surface area contributed by atoms with Crippen LogP contribution in [0.25, 0.3) is 0 Å². The lowest BCUT2D eigenvalue weighted by Crippen LogP contribution is -2.50. The lowest BCUT2D eigenvalue weighted by molar-refractivity contribution is -0.148. The average molecular weight is 267 g/mol. The molecule has 1 fully saturated rings. The summed E-state index contributed by atoms with van der Waals surface area (Å²) in [6.07, 6.45) is 7.24. The molecule has 0 atom stereocenters. The van der Waals surface area contributed by atoms with E-state index in [1.165, 1.54) is 0 Å². The van der Waals surface area contributed by atoms with Gasteiger partial charge in [0.2, 0.25) is 5.91 Å². The first-order chi connectivity index (χ1) is 8.84. The fraction of sp³-hybridized carbons (Fsp3) is 0.812. The van der Waals surface area contributed by atoms with Crippen LogP contribution in [-0.2, 0) is 9.53 Å². The van der Waals surface area contributed by atoms with Crippen molar-refractivity contribution in [3.05, 3.63) is 12.8 Å². The molecule has 19 heavy (non-hydrogen) atoms. The van der Waals surface area contributed by atoms with Gasteiger partial charge in [0.1, 0.15) is 0 Å². The number of methoxy groups -OCH3 is 1. The smallest absolute Gasteiger partial charge is 0.232 e. The Kier molecular flexibility index (Phi) is 5.19. The number of rotatable bonds is 5. The molecule has 1 saturated carbocycles. The highest BCUT2D eigenvalue weighted by Gasteiger charge is 2.50. The van der Waals surface area contributed by atoms with Crippen molar-refractivity contribution in [1.82, 2.24) is 4.90 Å². The van der Waals surface area contributed by atoms with Crippen molar-refractivity contribution in [2.24, 2.45) is 10.8 Å². The van der Waals surface area contributed by atoms with Crippen LogP contribution in [0.15, 0.2) is 12.8 Å². The molecule has 1 aliphatic rings. The van der Waals surface area contributed by atoms with Gasteiger partial charge in [-0.15, -0.1) is 0 Å². The van der Waals surface area contributed by atoms with Crippen molar-refractivity contribution in [3.63, 3.8) is 0 Å². The van der Waals surface area contributed by atoms with Crippen LogP contribution in [0.5, 0.6) is 0 Å². The van der Waals surface area contributed by atoms with Gasteiger partial charge < -0.3 is 9.64 Å². The maximum absolute atomic E-state index is 12.6. The van der Waals surface area contributed by atoms with E-state index in [1.807, 2.05) is 0 Å². The molecule has 0 aliphatic heterocycles. The lowest BCUT2D eigenvalue weighted by atomic mass is 9.56. The minimum atomic E-state index is -0.358. The maximum atomic E-state index is 12.6. The van der Waals surface area contributed by atoms with E-state index in [1.54, 1.807) is 25.3 Å². The molecule has 0 aromatic heterocycles. The zero-order chi connectivity index (χ0) is 14.7. The monoisotopic (exact) mass is 267 g/mol. The number of hydrogen-bond donors (Lipinski definition) is 0. The average Bonchev–Trinajstić information content (AvgIpc) is 2.45. The Balaban J connectivity index is 2.95. The summed E-state index contributed by atoms with van der Waals surface area (Å²) in [7, 11) is 3.58. The number of hydrogen-bond acceptors (Lipinski definition) is 2. The topological polar surface area (TPSA) is 29.5 Å². The number of carbonyl (C=O) groups excluding carboxylic acids is 1. The quantitative estimate of drug-likeness (QED) is 0.761. The maximum Gasteiger partial charge on any atom is 0.232 e. The van der Waals surface area contributed by atoms with Crippen molar-refractivity contribution in [2.75, 3.05) is 14.2 Å². The second-order valence-corrected chi connectivity index (χ2v) is 6.29. The molecule has 0 aromatic rings. The molecule has 0 N–H and O–H groups in total. The first-order valence-corrected chi connectivity index (χ1v) is 7.27. The zero-order valence-corrected chi connectivity index (χ0v) is 13.2. The van der Waals surface area contributed by atoms with Crippen molar-refractivity contribution in [3.8, 4) is 0 Å². The molecule has 0 aromatic carbocycles. The number of nitrogens with zero attached hydrogens (tertiary/aromatic N) is 1. The van der Waals surface area contributed by atoms with Crippen LogP contribution in [-0.4, -0.2) is 31.1 Å². The Bertz CT molecular complexity index is 328. The zero-order valence-electron chi connectivity index (χ0n) is 13.2. The molecule has 0 radical (unpaired) electrons. The summed E-state index contributed by atoms with van der Waals surface area (Å²) < 4.78 is 5.46. The molecule has 1 rings (SSSR count). The van der Waals surface area contributed by atoms with Crippen LogP contribution in [0, 0.1) is 10.8 Å². The molecule has 1 aliphatic carbocycles. The minimum absolute atomic E-state index is 0.0797. The van der Waals surface area contributed by atoms with E-state index in [0.29, 0.717) is 6.10 Å². The van der Waals surface area contributed by atoms with Gasteiger partial charge >= 0.3 is 0 Å². The molecule has 0 spiro atoms. The standard InChI is InChI=1S/C16H29NO2/c1-7-16(11-9-13(19-6)10-12-16)15(3,4)14(18)17(5)8-2/h8,13H,2,7,9-12H2,1,3-6H3. The second kappa shape index (κ2) is 6.08. The lowest BCUT2D eigenvalue weighted by Gasteiger charge is -2.50. The van der Waals surface area contributed by atoms with E-state index in [-0.39, 0.29) is 16.7 Å². The normalized spacial score (nSPS) is 27.9. The van der Waals surface area contributed by atoms with Gasteiger partial charge in [-0.25, -0.2) is 0 Å². The Morgan fingerprint density at radius 2 is 2.00 bits per heavy atom. The Morgan fingerprint density at radius 3 is 2.37 bits per heavy atom. The molecular formula is C16H29NO2. The van der Waals surface area contributed by atoms with Crippen molar-refractivity contribution < 1.29 is 9.53 Å². The Hall–Kier alpha value is -0.830. The molecule has 0 bridgehead atoms. The summed E-state index contributed by atoms with van der Waals surface area (Å²) in [6, 6.07) is 0. The largest absolute Gasteiger partial charge is 0.381 e. The van der Waals surface area contributed by atoms with Gasteiger partial charge in [-0.05, 0) is 43.7 Å². The summed E-state index contributed by atoms with van der Waals surface area (Å²) in [6.45, 7) is 10.1. The summed E-state index contributed by atoms with van der Waals surface area (Å²) in [5, 5.41) is 0. The highest BCUT2D eigenvalue weighted by atomic mass is 16.5. The van der Waals surface area contributed by atoms with Crippen LogP contribution in [0.2, 0.25) is 0 Å². The first kappa shape index (κ1) is 16.2. The SMILES string of the molecule is C=CN(C)C(=O)C(C)(C)C1(CC)CCC(OC)CC1. The van der Waals surface area contributed by atoms with Crippen molar-refractivity contribution in [1.29, 1.82) is 0 Å². The highest BCUT2D eigenvalue weighted by Crippen LogP contribution is 2.53. The van der Waals surface area contributed by atoms with Gasteiger partial charge in [0.25, 0.3) is 0 Å². The molecule has 0 heterocycles. The first-order valence-electron chi connectivity index (χ1n) is 7.27. The van der Waals surface area contributed by atoms with Gasteiger partial charge in [0.15, 0.2) is 0 Å². The predicted octanol–water partition coefficient (Wildman–Crippen LogP) is 3.60. The Morgan fingerprint density at radius 1 is 1.47 bits per heavy atom. The van der Waals surface area contributed by atoms with Crippen LogP contribution < -0.4 is 0 Å². The van der Waals surface area contributed by atoms with E-state index in [9.17, 15) is 4.79 Å². The van der Waals surface area contributed by atoms with E-state index in [4.69, 9.17) is 4.74 Å². The number of amides is 1. The third kappa shape index (κ3) is 2.86. The van der Waals surface area contributed by atoms with E-state index in [2.05, 4.69) is 27.4 Å².